The molecular weight excluding hydrogens is 662 g/mol. The maximum absolute atomic E-state index is 2.55. The van der Waals surface area contributed by atoms with Crippen molar-refractivity contribution >= 4 is 74.1 Å². The van der Waals surface area contributed by atoms with Crippen LogP contribution in [0, 0.1) is 5.92 Å². The van der Waals surface area contributed by atoms with Crippen molar-refractivity contribution in [1.82, 2.24) is 0 Å². The fourth-order valence-electron chi connectivity index (χ4n) is 9.63. The van der Waals surface area contributed by atoms with E-state index in [1.165, 1.54) is 76.9 Å². The van der Waals surface area contributed by atoms with Crippen molar-refractivity contribution in [3.05, 3.63) is 161 Å². The monoisotopic (exact) mass is 710 g/mol. The first-order valence-corrected chi connectivity index (χ1v) is 22.8. The quantitative estimate of drug-likeness (QED) is 0.207. The van der Waals surface area contributed by atoms with Crippen molar-refractivity contribution in [2.45, 2.75) is 58.8 Å². The molecular formula is C50H48P2. The van der Waals surface area contributed by atoms with Gasteiger partial charge in [0.1, 0.15) is 0 Å². The molecule has 0 N–H and O–H groups in total. The summed E-state index contributed by atoms with van der Waals surface area (Å²) in [6, 6.07) is 37.9. The second-order valence-corrected chi connectivity index (χ2v) is 19.4. The third-order valence-corrected chi connectivity index (χ3v) is 17.4. The third kappa shape index (κ3) is 5.84. The molecule has 2 unspecified atom stereocenters. The fraction of sp³-hybridized carbons (Fsp3) is 0.240. The molecule has 52 heavy (non-hydrogen) atoms. The van der Waals surface area contributed by atoms with Crippen LogP contribution in [0.1, 0.15) is 68.7 Å². The molecule has 0 radical (unpaired) electrons. The molecule has 9 rings (SSSR count). The fourth-order valence-corrected chi connectivity index (χ4v) is 15.6. The second-order valence-electron chi connectivity index (χ2n) is 14.8. The van der Waals surface area contributed by atoms with Gasteiger partial charge in [-0.25, -0.2) is 0 Å². The number of rotatable bonds is 2. The van der Waals surface area contributed by atoms with Crippen molar-refractivity contribution in [3.63, 3.8) is 0 Å². The molecule has 0 spiro atoms. The highest BCUT2D eigenvalue weighted by atomic mass is 31.1. The molecule has 0 aromatic heterocycles. The molecule has 5 aromatic carbocycles. The topological polar surface area (TPSA) is 0 Å². The Morgan fingerprint density at radius 2 is 1.27 bits per heavy atom. The number of fused-ring (bicyclic) bond motifs is 7. The van der Waals surface area contributed by atoms with E-state index >= 15 is 0 Å². The van der Waals surface area contributed by atoms with Crippen LogP contribution >= 0.6 is 15.8 Å². The third-order valence-electron chi connectivity index (χ3n) is 12.0. The largest absolute Gasteiger partial charge is 0.0798 e. The Labute approximate surface area is 310 Å². The standard InChI is InChI=1S/C50H48P2/c1-4-34-15-7-10-18-42(34)45-29-30-51(31-38-26-23-35(5-2)41(6-3)48(38)45)46-21-13-14-22-47(46)52-32-39-27-24-36-16-8-11-19-43(36)49(39)50-40(33-52)28-25-37-17-9-12-20-44(37)50/h4-8,10-11,13-26,28,39H,9,12,27,29-33H2,1-3H3/b34-4-,35-5-,41-6+,45-42+/t39-,51?,52?/m0/s1. The molecule has 0 saturated carbocycles. The highest BCUT2D eigenvalue weighted by molar-refractivity contribution is 7.71. The minimum absolute atomic E-state index is 0.398. The summed E-state index contributed by atoms with van der Waals surface area (Å²) in [5.41, 5.74) is 9.35. The summed E-state index contributed by atoms with van der Waals surface area (Å²) in [6.07, 6.45) is 23.9. The van der Waals surface area contributed by atoms with E-state index in [-0.39, 0.29) is 0 Å². The van der Waals surface area contributed by atoms with Gasteiger partial charge in [-0.05, 0) is 163 Å². The summed E-state index contributed by atoms with van der Waals surface area (Å²) in [6.45, 7) is 6.60. The SMILES string of the molecule is C/C=c1/ccc2c(/c1=C/C)/C(=c1\cccc\c1=C\C)CCP(c1ccccc1P1Cc3ccc4c(c3C3=c5ccccc5=CC[C@H]3C1)=CCCC=4)C2. The van der Waals surface area contributed by atoms with Crippen LogP contribution in [0.3, 0.4) is 0 Å². The van der Waals surface area contributed by atoms with Crippen LogP contribution < -0.4 is 52.4 Å². The van der Waals surface area contributed by atoms with Gasteiger partial charge in [0.2, 0.25) is 0 Å². The number of hydrogen-bond donors (Lipinski definition) is 0. The second kappa shape index (κ2) is 14.4. The number of hydrogen-bond acceptors (Lipinski definition) is 0. The van der Waals surface area contributed by atoms with Crippen molar-refractivity contribution in [2.75, 3.05) is 12.3 Å². The lowest BCUT2D eigenvalue weighted by molar-refractivity contribution is 0.784. The van der Waals surface area contributed by atoms with E-state index in [2.05, 4.69) is 154 Å². The lowest BCUT2D eigenvalue weighted by Gasteiger charge is -2.28. The van der Waals surface area contributed by atoms with Gasteiger partial charge in [-0.3, -0.25) is 0 Å². The van der Waals surface area contributed by atoms with Crippen LogP contribution in [0.5, 0.6) is 0 Å². The van der Waals surface area contributed by atoms with Crippen LogP contribution in [0.2, 0.25) is 0 Å². The highest BCUT2D eigenvalue weighted by Gasteiger charge is 2.33. The normalized spacial score (nSPS) is 22.7. The van der Waals surface area contributed by atoms with Crippen LogP contribution in [0.15, 0.2) is 97.1 Å². The van der Waals surface area contributed by atoms with E-state index in [0.717, 1.165) is 31.8 Å². The van der Waals surface area contributed by atoms with Crippen LogP contribution in [0.4, 0.5) is 0 Å². The minimum Gasteiger partial charge on any atom is -0.0798 e. The minimum atomic E-state index is -0.399. The molecule has 0 amide bonds. The molecule has 2 heteroatoms. The predicted octanol–water partition coefficient (Wildman–Crippen LogP) is 5.67. The summed E-state index contributed by atoms with van der Waals surface area (Å²) in [5.74, 6) is 0.549. The Balaban J connectivity index is 1.21. The molecule has 4 aliphatic rings. The lowest BCUT2D eigenvalue weighted by Crippen LogP contribution is -2.38. The van der Waals surface area contributed by atoms with E-state index in [1.807, 2.05) is 0 Å². The van der Waals surface area contributed by atoms with Gasteiger partial charge in [0, 0.05) is 0 Å². The van der Waals surface area contributed by atoms with Gasteiger partial charge in [-0.2, -0.15) is 0 Å². The molecule has 2 aliphatic heterocycles. The van der Waals surface area contributed by atoms with Crippen molar-refractivity contribution in [3.8, 4) is 0 Å². The van der Waals surface area contributed by atoms with Crippen molar-refractivity contribution in [1.29, 1.82) is 0 Å². The first kappa shape index (κ1) is 33.7. The summed E-state index contributed by atoms with van der Waals surface area (Å²) in [4.78, 5) is 0. The van der Waals surface area contributed by atoms with Crippen LogP contribution in [0.25, 0.3) is 47.6 Å². The Morgan fingerprint density at radius 1 is 0.577 bits per heavy atom. The van der Waals surface area contributed by atoms with Gasteiger partial charge in [0.05, 0.1) is 0 Å². The Bertz CT molecular complexity index is 2750. The first-order chi connectivity index (χ1) is 25.7. The summed E-state index contributed by atoms with van der Waals surface area (Å²) >= 11 is 0. The maximum Gasteiger partial charge on any atom is -0.00261 e. The summed E-state index contributed by atoms with van der Waals surface area (Å²) < 4.78 is 0. The molecule has 0 nitrogen and oxygen atoms in total. The van der Waals surface area contributed by atoms with Gasteiger partial charge in [0.15, 0.2) is 0 Å². The zero-order valence-electron chi connectivity index (χ0n) is 30.8. The van der Waals surface area contributed by atoms with E-state index in [9.17, 15) is 0 Å². The average molecular weight is 711 g/mol. The zero-order valence-corrected chi connectivity index (χ0v) is 32.6. The van der Waals surface area contributed by atoms with Crippen LogP contribution in [-0.4, -0.2) is 12.3 Å². The van der Waals surface area contributed by atoms with E-state index < -0.39 is 15.8 Å². The first-order valence-electron chi connectivity index (χ1n) is 19.4. The highest BCUT2D eigenvalue weighted by Crippen LogP contribution is 2.51. The van der Waals surface area contributed by atoms with E-state index in [1.54, 1.807) is 27.3 Å². The summed E-state index contributed by atoms with van der Waals surface area (Å²) in [7, 11) is -0.797. The molecule has 3 atom stereocenters. The number of benzene rings is 5. The van der Waals surface area contributed by atoms with Gasteiger partial charge in [-0.1, -0.05) is 149 Å². The average Bonchev–Trinajstić information content (AvgIpc) is 3.51. The van der Waals surface area contributed by atoms with Crippen molar-refractivity contribution in [2.24, 2.45) is 5.92 Å². The molecule has 0 fully saturated rings. The maximum atomic E-state index is 2.55. The predicted molar refractivity (Wildman–Crippen MR) is 230 cm³/mol. The molecule has 0 saturated heterocycles. The van der Waals surface area contributed by atoms with E-state index in [4.69, 9.17) is 0 Å². The van der Waals surface area contributed by atoms with E-state index in [0.29, 0.717) is 5.92 Å². The molecule has 2 aliphatic carbocycles. The molecule has 5 aromatic rings. The smallest absolute Gasteiger partial charge is 0.00261 e. The Hall–Kier alpha value is -4.08. The Morgan fingerprint density at radius 3 is 2.10 bits per heavy atom. The molecule has 258 valence electrons. The molecule has 2 heterocycles. The lowest BCUT2D eigenvalue weighted by atomic mass is 9.82. The van der Waals surface area contributed by atoms with Gasteiger partial charge < -0.3 is 0 Å². The zero-order chi connectivity index (χ0) is 35.2. The van der Waals surface area contributed by atoms with Gasteiger partial charge >= 0.3 is 0 Å². The van der Waals surface area contributed by atoms with Gasteiger partial charge in [0.25, 0.3) is 0 Å². The Kier molecular flexibility index (Phi) is 9.34. The molecule has 0 bridgehead atoms. The summed E-state index contributed by atoms with van der Waals surface area (Å²) in [5, 5.41) is 14.7. The van der Waals surface area contributed by atoms with Crippen LogP contribution in [-0.2, 0) is 12.3 Å². The van der Waals surface area contributed by atoms with Crippen molar-refractivity contribution < 1.29 is 0 Å². The van der Waals surface area contributed by atoms with Gasteiger partial charge in [-0.15, -0.1) is 0 Å².